The second-order valence-electron chi connectivity index (χ2n) is 5.66. The van der Waals surface area contributed by atoms with E-state index in [1.54, 1.807) is 17.7 Å². The summed E-state index contributed by atoms with van der Waals surface area (Å²) in [7, 11) is 1.61. The van der Waals surface area contributed by atoms with Gasteiger partial charge in [0.1, 0.15) is 5.75 Å². The molecule has 0 saturated carbocycles. The van der Waals surface area contributed by atoms with Gasteiger partial charge in [-0.3, -0.25) is 9.59 Å². The van der Waals surface area contributed by atoms with Crippen LogP contribution in [0.3, 0.4) is 0 Å². The lowest BCUT2D eigenvalue weighted by atomic mass is 10.1. The normalized spacial score (nSPS) is 10.7. The van der Waals surface area contributed by atoms with Crippen LogP contribution in [0.2, 0.25) is 0 Å². The van der Waals surface area contributed by atoms with Crippen LogP contribution < -0.4 is 10.3 Å². The van der Waals surface area contributed by atoms with E-state index in [9.17, 15) is 9.59 Å². The lowest BCUT2D eigenvalue weighted by Gasteiger charge is -2.15. The minimum atomic E-state index is -0.240. The summed E-state index contributed by atoms with van der Waals surface area (Å²) < 4.78 is 6.93. The number of nitrogens with zero attached hydrogens (tertiary/aromatic N) is 1. The van der Waals surface area contributed by atoms with Gasteiger partial charge in [0.2, 0.25) is 0 Å². The van der Waals surface area contributed by atoms with Crippen LogP contribution in [-0.4, -0.2) is 18.0 Å². The number of carbonyl (C=O) groups is 1. The number of carbonyl (C=O) groups excluding carboxylic acids is 1. The Morgan fingerprint density at radius 1 is 1.23 bits per heavy atom. The molecule has 0 amide bonds. The van der Waals surface area contributed by atoms with Crippen LogP contribution >= 0.6 is 0 Å². The third-order valence-electron chi connectivity index (χ3n) is 3.63. The fourth-order valence-corrected chi connectivity index (χ4v) is 2.33. The molecule has 0 aliphatic rings. The highest BCUT2D eigenvalue weighted by molar-refractivity contribution is 5.75. The highest BCUT2D eigenvalue weighted by Crippen LogP contribution is 2.23. The Morgan fingerprint density at radius 2 is 2.00 bits per heavy atom. The van der Waals surface area contributed by atoms with E-state index >= 15 is 0 Å². The Hall–Kier alpha value is -2.36. The fraction of sp³-hybridized carbons (Fsp3) is 0.333. The highest BCUT2D eigenvalue weighted by atomic mass is 16.5. The summed E-state index contributed by atoms with van der Waals surface area (Å²) >= 11 is 0. The number of hydrogen-bond donors (Lipinski definition) is 0. The largest absolute Gasteiger partial charge is 0.497 e. The standard InChI is InChI=1S/C18H21NO3/c1-13(2)9-10-19-17(8-7-15(12-20)18(19)21)14-5-4-6-16(11-14)22-3/h4-8,11-13H,9-10H2,1-3H3. The van der Waals surface area contributed by atoms with E-state index in [2.05, 4.69) is 13.8 Å². The molecule has 1 aromatic carbocycles. The van der Waals surface area contributed by atoms with E-state index in [1.165, 1.54) is 0 Å². The smallest absolute Gasteiger partial charge is 0.261 e. The van der Waals surface area contributed by atoms with E-state index in [-0.39, 0.29) is 11.1 Å². The van der Waals surface area contributed by atoms with Crippen LogP contribution in [0.5, 0.6) is 5.75 Å². The second kappa shape index (κ2) is 7.07. The first-order chi connectivity index (χ1) is 10.6. The zero-order valence-electron chi connectivity index (χ0n) is 13.2. The van der Waals surface area contributed by atoms with Crippen molar-refractivity contribution in [2.75, 3.05) is 7.11 Å². The molecule has 4 heteroatoms. The molecule has 1 heterocycles. The monoisotopic (exact) mass is 299 g/mol. The van der Waals surface area contributed by atoms with E-state index in [0.29, 0.717) is 18.7 Å². The van der Waals surface area contributed by atoms with Gasteiger partial charge in [0.15, 0.2) is 6.29 Å². The maximum atomic E-state index is 12.5. The van der Waals surface area contributed by atoms with Crippen molar-refractivity contribution in [2.24, 2.45) is 5.92 Å². The molecule has 0 aliphatic carbocycles. The molecule has 22 heavy (non-hydrogen) atoms. The van der Waals surface area contributed by atoms with Crippen molar-refractivity contribution in [3.05, 3.63) is 52.3 Å². The minimum absolute atomic E-state index is 0.190. The molecule has 0 unspecified atom stereocenters. The number of methoxy groups -OCH3 is 1. The van der Waals surface area contributed by atoms with Crippen molar-refractivity contribution in [3.63, 3.8) is 0 Å². The SMILES string of the molecule is COc1cccc(-c2ccc(C=O)c(=O)n2CCC(C)C)c1. The first-order valence-corrected chi connectivity index (χ1v) is 7.40. The van der Waals surface area contributed by atoms with Crippen molar-refractivity contribution in [1.82, 2.24) is 4.57 Å². The van der Waals surface area contributed by atoms with E-state index in [4.69, 9.17) is 4.74 Å². The number of pyridine rings is 1. The van der Waals surface area contributed by atoms with Crippen molar-refractivity contribution < 1.29 is 9.53 Å². The van der Waals surface area contributed by atoms with Gasteiger partial charge in [0.25, 0.3) is 5.56 Å². The number of ether oxygens (including phenoxy) is 1. The number of rotatable bonds is 6. The number of benzene rings is 1. The van der Waals surface area contributed by atoms with E-state index in [0.717, 1.165) is 23.4 Å². The molecule has 2 rings (SSSR count). The lowest BCUT2D eigenvalue weighted by molar-refractivity contribution is 0.112. The molecule has 4 nitrogen and oxygen atoms in total. The second-order valence-corrected chi connectivity index (χ2v) is 5.66. The van der Waals surface area contributed by atoms with Gasteiger partial charge in [-0.05, 0) is 36.6 Å². The number of hydrogen-bond acceptors (Lipinski definition) is 3. The van der Waals surface area contributed by atoms with Gasteiger partial charge in [-0.25, -0.2) is 0 Å². The molecule has 2 aromatic rings. The summed E-state index contributed by atoms with van der Waals surface area (Å²) in [6, 6.07) is 11.0. The average Bonchev–Trinajstić information content (AvgIpc) is 2.53. The van der Waals surface area contributed by atoms with Crippen molar-refractivity contribution in [2.45, 2.75) is 26.8 Å². The first kappa shape index (κ1) is 16.0. The van der Waals surface area contributed by atoms with Gasteiger partial charge in [-0.2, -0.15) is 0 Å². The third kappa shape index (κ3) is 3.45. The Labute approximate surface area is 130 Å². The topological polar surface area (TPSA) is 48.3 Å². The maximum absolute atomic E-state index is 12.5. The van der Waals surface area contributed by atoms with Crippen LogP contribution in [-0.2, 0) is 6.54 Å². The van der Waals surface area contributed by atoms with E-state index < -0.39 is 0 Å². The molecule has 0 spiro atoms. The molecule has 1 aromatic heterocycles. The molecule has 0 fully saturated rings. The summed E-state index contributed by atoms with van der Waals surface area (Å²) in [6.45, 7) is 4.81. The fourth-order valence-electron chi connectivity index (χ4n) is 2.33. The summed E-state index contributed by atoms with van der Waals surface area (Å²) in [5.41, 5.74) is 1.65. The van der Waals surface area contributed by atoms with Crippen LogP contribution in [0.1, 0.15) is 30.6 Å². The van der Waals surface area contributed by atoms with Crippen LogP contribution in [0.4, 0.5) is 0 Å². The number of aldehydes is 1. The molecule has 0 radical (unpaired) electrons. The van der Waals surface area contributed by atoms with Crippen molar-refractivity contribution in [3.8, 4) is 17.0 Å². The summed E-state index contributed by atoms with van der Waals surface area (Å²) in [5, 5.41) is 0. The maximum Gasteiger partial charge on any atom is 0.261 e. The van der Waals surface area contributed by atoms with Gasteiger partial charge in [0, 0.05) is 12.1 Å². The van der Waals surface area contributed by atoms with Crippen LogP contribution in [0, 0.1) is 5.92 Å². The highest BCUT2D eigenvalue weighted by Gasteiger charge is 2.11. The molecule has 0 saturated heterocycles. The first-order valence-electron chi connectivity index (χ1n) is 7.40. The van der Waals surface area contributed by atoms with Crippen molar-refractivity contribution >= 4 is 6.29 Å². The number of aromatic nitrogens is 1. The van der Waals surface area contributed by atoms with Gasteiger partial charge >= 0.3 is 0 Å². The Balaban J connectivity index is 2.56. The molecule has 0 N–H and O–H groups in total. The molecule has 0 aliphatic heterocycles. The average molecular weight is 299 g/mol. The van der Waals surface area contributed by atoms with E-state index in [1.807, 2.05) is 30.3 Å². The summed E-state index contributed by atoms with van der Waals surface area (Å²) in [5.74, 6) is 1.21. The van der Waals surface area contributed by atoms with Crippen molar-refractivity contribution in [1.29, 1.82) is 0 Å². The Morgan fingerprint density at radius 3 is 2.64 bits per heavy atom. The van der Waals surface area contributed by atoms with Gasteiger partial charge in [0.05, 0.1) is 18.4 Å². The Kier molecular flexibility index (Phi) is 5.15. The zero-order valence-corrected chi connectivity index (χ0v) is 13.2. The molecular formula is C18H21NO3. The van der Waals surface area contributed by atoms with Crippen LogP contribution in [0.15, 0.2) is 41.2 Å². The predicted molar refractivity (Wildman–Crippen MR) is 87.5 cm³/mol. The van der Waals surface area contributed by atoms with Gasteiger partial charge < -0.3 is 9.30 Å². The summed E-state index contributed by atoms with van der Waals surface area (Å²) in [6.07, 6.45) is 1.49. The lowest BCUT2D eigenvalue weighted by Crippen LogP contribution is -2.25. The summed E-state index contributed by atoms with van der Waals surface area (Å²) in [4.78, 5) is 23.5. The molecule has 116 valence electrons. The van der Waals surface area contributed by atoms with Gasteiger partial charge in [-0.15, -0.1) is 0 Å². The minimum Gasteiger partial charge on any atom is -0.497 e. The van der Waals surface area contributed by atoms with Crippen LogP contribution in [0.25, 0.3) is 11.3 Å². The van der Waals surface area contributed by atoms with Gasteiger partial charge in [-0.1, -0.05) is 26.0 Å². The third-order valence-corrected chi connectivity index (χ3v) is 3.63. The molecular weight excluding hydrogens is 278 g/mol. The molecule has 0 bridgehead atoms. The predicted octanol–water partition coefficient (Wildman–Crippen LogP) is 3.38. The quantitative estimate of drug-likeness (QED) is 0.768. The Bertz CT molecular complexity index is 717. The molecule has 0 atom stereocenters. The zero-order chi connectivity index (χ0) is 16.1.